The molecule has 0 bridgehead atoms. The van der Waals surface area contributed by atoms with Crippen LogP contribution in [0.15, 0.2) is 91.3 Å². The second-order valence-electron chi connectivity index (χ2n) is 7.84. The molecular weight excluding hydrogens is 416 g/mol. The highest BCUT2D eigenvalue weighted by Crippen LogP contribution is 2.42. The fourth-order valence-electron chi connectivity index (χ4n) is 4.27. The molecule has 6 heteroatoms. The van der Waals surface area contributed by atoms with Crippen molar-refractivity contribution in [3.8, 4) is 11.4 Å². The van der Waals surface area contributed by atoms with Crippen molar-refractivity contribution in [2.75, 3.05) is 12.0 Å². The van der Waals surface area contributed by atoms with Crippen molar-refractivity contribution in [3.05, 3.63) is 108 Å². The number of thiocarbonyl (C=S) groups is 1. The van der Waals surface area contributed by atoms with E-state index in [1.54, 1.807) is 7.11 Å². The second kappa shape index (κ2) is 8.48. The van der Waals surface area contributed by atoms with Crippen LogP contribution in [-0.4, -0.2) is 21.8 Å². The molecule has 1 N–H and O–H groups in total. The van der Waals surface area contributed by atoms with Crippen molar-refractivity contribution in [1.82, 2.24) is 14.9 Å². The van der Waals surface area contributed by atoms with Crippen LogP contribution in [0.25, 0.3) is 5.69 Å². The first-order valence-corrected chi connectivity index (χ1v) is 11.0. The number of benzene rings is 2. The van der Waals surface area contributed by atoms with Gasteiger partial charge in [-0.15, -0.1) is 0 Å². The predicted octanol–water partition coefficient (Wildman–Crippen LogP) is 5.37. The third-order valence-electron chi connectivity index (χ3n) is 5.83. The van der Waals surface area contributed by atoms with Gasteiger partial charge in [-0.1, -0.05) is 29.8 Å². The predicted molar refractivity (Wildman–Crippen MR) is 131 cm³/mol. The third kappa shape index (κ3) is 3.63. The summed E-state index contributed by atoms with van der Waals surface area (Å²) in [6, 6.07) is 26.6. The van der Waals surface area contributed by atoms with Gasteiger partial charge in [-0.2, -0.15) is 0 Å². The first-order chi connectivity index (χ1) is 15.7. The second-order valence-corrected chi connectivity index (χ2v) is 8.22. The summed E-state index contributed by atoms with van der Waals surface area (Å²) >= 11 is 5.84. The average molecular weight is 441 g/mol. The number of aromatic nitrogens is 2. The third-order valence-corrected chi connectivity index (χ3v) is 6.14. The highest BCUT2D eigenvalue weighted by Gasteiger charge is 2.42. The minimum atomic E-state index is -0.0933. The van der Waals surface area contributed by atoms with Crippen molar-refractivity contribution in [2.45, 2.75) is 19.0 Å². The molecule has 1 saturated heterocycles. The lowest BCUT2D eigenvalue weighted by atomic mass is 10.0. The zero-order chi connectivity index (χ0) is 22.1. The van der Waals surface area contributed by atoms with Crippen molar-refractivity contribution in [3.63, 3.8) is 0 Å². The number of nitrogens with zero attached hydrogens (tertiary/aromatic N) is 3. The summed E-state index contributed by atoms with van der Waals surface area (Å²) in [5.74, 6) is 0.818. The fraction of sp³-hybridized carbons (Fsp3) is 0.154. The van der Waals surface area contributed by atoms with Crippen LogP contribution in [0.2, 0.25) is 0 Å². The quantitative estimate of drug-likeness (QED) is 0.423. The van der Waals surface area contributed by atoms with Crippen LogP contribution < -0.4 is 15.0 Å². The van der Waals surface area contributed by atoms with E-state index in [4.69, 9.17) is 17.0 Å². The normalized spacial score (nSPS) is 17.9. The molecule has 4 aromatic rings. The van der Waals surface area contributed by atoms with E-state index in [-0.39, 0.29) is 12.1 Å². The molecule has 0 amide bonds. The van der Waals surface area contributed by atoms with Crippen LogP contribution in [0.3, 0.4) is 0 Å². The van der Waals surface area contributed by atoms with Crippen LogP contribution >= 0.6 is 12.2 Å². The maximum Gasteiger partial charge on any atom is 0.174 e. The summed E-state index contributed by atoms with van der Waals surface area (Å²) in [7, 11) is 1.69. The Morgan fingerprint density at radius 2 is 1.78 bits per heavy atom. The van der Waals surface area contributed by atoms with Gasteiger partial charge in [0.2, 0.25) is 0 Å². The van der Waals surface area contributed by atoms with E-state index < -0.39 is 0 Å². The van der Waals surface area contributed by atoms with Crippen molar-refractivity contribution in [2.24, 2.45) is 0 Å². The molecule has 0 spiro atoms. The van der Waals surface area contributed by atoms with Gasteiger partial charge < -0.3 is 19.5 Å². The standard InChI is InChI=1S/C26H24N4OS/c1-18-11-13-19(14-12-18)30-25(24(28-26(30)32)22-9-3-4-15-27-22)23-10-6-16-29(23)20-7-5-8-21(17-20)31-2/h3-17,24-25H,1-2H3,(H,28,32)/t24-,25-/m1/s1. The maximum absolute atomic E-state index is 5.84. The van der Waals surface area contributed by atoms with Crippen LogP contribution in [0.5, 0.6) is 5.75 Å². The Hall–Kier alpha value is -3.64. The number of hydrogen-bond acceptors (Lipinski definition) is 3. The molecule has 0 saturated carbocycles. The first-order valence-electron chi connectivity index (χ1n) is 10.5. The molecule has 1 aliphatic rings. The van der Waals surface area contributed by atoms with E-state index in [2.05, 4.69) is 75.4 Å². The molecule has 2 aromatic heterocycles. The van der Waals surface area contributed by atoms with Gasteiger partial charge in [-0.05, 0) is 67.7 Å². The Labute approximate surface area is 193 Å². The van der Waals surface area contributed by atoms with Gasteiger partial charge in [-0.25, -0.2) is 0 Å². The van der Waals surface area contributed by atoms with Crippen molar-refractivity contribution in [1.29, 1.82) is 0 Å². The molecule has 160 valence electrons. The van der Waals surface area contributed by atoms with Gasteiger partial charge in [0.1, 0.15) is 11.8 Å². The molecule has 2 atom stereocenters. The summed E-state index contributed by atoms with van der Waals surface area (Å²) in [6.07, 6.45) is 3.90. The fourth-order valence-corrected chi connectivity index (χ4v) is 4.62. The summed E-state index contributed by atoms with van der Waals surface area (Å²) in [5, 5.41) is 4.22. The zero-order valence-corrected chi connectivity index (χ0v) is 18.8. The van der Waals surface area contributed by atoms with E-state index in [1.165, 1.54) is 5.56 Å². The lowest BCUT2D eigenvalue weighted by Gasteiger charge is -2.29. The van der Waals surface area contributed by atoms with E-state index in [1.807, 2.05) is 42.6 Å². The molecule has 32 heavy (non-hydrogen) atoms. The number of ether oxygens (including phenoxy) is 1. The van der Waals surface area contributed by atoms with E-state index in [0.29, 0.717) is 5.11 Å². The Bertz CT molecular complexity index is 1240. The lowest BCUT2D eigenvalue weighted by molar-refractivity contribution is 0.414. The summed E-state index contributed by atoms with van der Waals surface area (Å²) < 4.78 is 7.65. The maximum atomic E-state index is 5.84. The Balaban J connectivity index is 1.66. The van der Waals surface area contributed by atoms with Gasteiger partial charge in [0.15, 0.2) is 5.11 Å². The molecule has 0 aliphatic carbocycles. The Morgan fingerprint density at radius 1 is 0.938 bits per heavy atom. The highest BCUT2D eigenvalue weighted by atomic mass is 32.1. The molecule has 1 fully saturated rings. The van der Waals surface area contributed by atoms with E-state index in [0.717, 1.165) is 28.5 Å². The molecule has 5 nitrogen and oxygen atoms in total. The van der Waals surface area contributed by atoms with Gasteiger partial charge in [0, 0.05) is 35.5 Å². The Kier molecular flexibility index (Phi) is 5.37. The molecule has 0 unspecified atom stereocenters. The Morgan fingerprint density at radius 3 is 2.53 bits per heavy atom. The monoisotopic (exact) mass is 440 g/mol. The van der Waals surface area contributed by atoms with Crippen LogP contribution in [0.1, 0.15) is 29.0 Å². The summed E-state index contributed by atoms with van der Waals surface area (Å²) in [5.41, 5.74) is 5.36. The first kappa shape index (κ1) is 20.3. The van der Waals surface area contributed by atoms with Crippen LogP contribution in [-0.2, 0) is 0 Å². The van der Waals surface area contributed by atoms with Gasteiger partial charge in [0.25, 0.3) is 0 Å². The summed E-state index contributed by atoms with van der Waals surface area (Å²) in [6.45, 7) is 2.09. The SMILES string of the molecule is COc1cccc(-n2cccc2[C@@H]2[C@@H](c3ccccn3)NC(=S)N2c2ccc(C)cc2)c1. The topological polar surface area (TPSA) is 42.3 Å². The largest absolute Gasteiger partial charge is 0.497 e. The number of anilines is 1. The van der Waals surface area contributed by atoms with Gasteiger partial charge in [0.05, 0.1) is 18.8 Å². The zero-order valence-electron chi connectivity index (χ0n) is 18.0. The molecule has 0 radical (unpaired) electrons. The lowest BCUT2D eigenvalue weighted by Crippen LogP contribution is -2.30. The summed E-state index contributed by atoms with van der Waals surface area (Å²) in [4.78, 5) is 6.84. The average Bonchev–Trinajstić information content (AvgIpc) is 3.44. The molecule has 3 heterocycles. The molecule has 1 aliphatic heterocycles. The van der Waals surface area contributed by atoms with Crippen LogP contribution in [0.4, 0.5) is 5.69 Å². The van der Waals surface area contributed by atoms with E-state index in [9.17, 15) is 0 Å². The van der Waals surface area contributed by atoms with Gasteiger partial charge in [-0.3, -0.25) is 4.98 Å². The number of nitrogens with one attached hydrogen (secondary N) is 1. The number of pyridine rings is 1. The smallest absolute Gasteiger partial charge is 0.174 e. The van der Waals surface area contributed by atoms with Gasteiger partial charge >= 0.3 is 0 Å². The van der Waals surface area contributed by atoms with E-state index >= 15 is 0 Å². The molecule has 5 rings (SSSR count). The number of aryl methyl sites for hydroxylation is 1. The number of hydrogen-bond donors (Lipinski definition) is 1. The van der Waals surface area contributed by atoms with Crippen LogP contribution in [0, 0.1) is 6.92 Å². The molecular formula is C26H24N4OS. The minimum absolute atomic E-state index is 0.0821. The highest BCUT2D eigenvalue weighted by molar-refractivity contribution is 7.80. The number of rotatable bonds is 5. The van der Waals surface area contributed by atoms with Crippen molar-refractivity contribution < 1.29 is 4.74 Å². The minimum Gasteiger partial charge on any atom is -0.497 e. The molecule has 2 aromatic carbocycles. The van der Waals surface area contributed by atoms with Crippen molar-refractivity contribution >= 4 is 23.0 Å². The number of methoxy groups -OCH3 is 1.